The van der Waals surface area contributed by atoms with Crippen LogP contribution in [0.5, 0.6) is 5.75 Å². The maximum Gasteiger partial charge on any atom is 0.334 e. The number of likely N-dealkylation sites (tertiary alicyclic amines) is 1. The first-order valence-corrected chi connectivity index (χ1v) is 13.8. The van der Waals surface area contributed by atoms with Gasteiger partial charge in [-0.1, -0.05) is 30.3 Å². The predicted molar refractivity (Wildman–Crippen MR) is 158 cm³/mol. The molecule has 2 heterocycles. The number of rotatable bonds is 10. The van der Waals surface area contributed by atoms with E-state index < -0.39 is 23.8 Å². The normalized spacial score (nSPS) is 20.1. The topological polar surface area (TPSA) is 129 Å². The van der Waals surface area contributed by atoms with Crippen molar-refractivity contribution in [2.45, 2.75) is 44.9 Å². The van der Waals surface area contributed by atoms with Crippen molar-refractivity contribution in [1.82, 2.24) is 4.90 Å². The Bertz CT molecular complexity index is 1390. The van der Waals surface area contributed by atoms with Crippen LogP contribution >= 0.6 is 0 Å². The summed E-state index contributed by atoms with van der Waals surface area (Å²) in [5.41, 5.74) is 2.83. The summed E-state index contributed by atoms with van der Waals surface area (Å²) in [6.45, 7) is 6.03. The van der Waals surface area contributed by atoms with E-state index in [0.717, 1.165) is 44.6 Å². The number of ether oxygens (including phenoxy) is 1. The number of methoxy groups -OCH3 is 1. The molecule has 1 amide bonds. The van der Waals surface area contributed by atoms with Crippen molar-refractivity contribution >= 4 is 29.2 Å². The highest BCUT2D eigenvalue weighted by Gasteiger charge is 2.41. The first-order valence-electron chi connectivity index (χ1n) is 13.8. The van der Waals surface area contributed by atoms with E-state index in [1.807, 2.05) is 18.2 Å². The van der Waals surface area contributed by atoms with Gasteiger partial charge in [0.15, 0.2) is 0 Å². The Morgan fingerprint density at radius 2 is 1.76 bits per heavy atom. The van der Waals surface area contributed by atoms with Gasteiger partial charge in [0.25, 0.3) is 0 Å². The largest absolute Gasteiger partial charge is 0.497 e. The van der Waals surface area contributed by atoms with Crippen LogP contribution in [0.25, 0.3) is 0 Å². The van der Waals surface area contributed by atoms with Crippen molar-refractivity contribution in [3.63, 3.8) is 0 Å². The molecular weight excluding hydrogens is 522 g/mol. The molecule has 2 unspecified atom stereocenters. The van der Waals surface area contributed by atoms with Crippen LogP contribution in [0.2, 0.25) is 0 Å². The lowest BCUT2D eigenvalue weighted by atomic mass is 9.75. The standard InChI is InChI=1S/C32H37N3O6/c1-20-28(31(37)38)30(29(32(39)40)21(2)33-20)24-9-6-10-25(18-24)34-27(36)12-4-5-15-35-16-13-22(14-17-35)23-8-7-11-26(19-23)41-3/h4,6-12,18-19,22,28,30H,5,13-17H2,1-3H3,(H,34,36)(H,37,38)(H,39,40). The molecule has 9 nitrogen and oxygen atoms in total. The monoisotopic (exact) mass is 559 g/mol. The molecule has 41 heavy (non-hydrogen) atoms. The number of anilines is 1. The fourth-order valence-electron chi connectivity index (χ4n) is 5.82. The average Bonchev–Trinajstić information content (AvgIpc) is 2.95. The van der Waals surface area contributed by atoms with Crippen LogP contribution in [-0.4, -0.2) is 65.4 Å². The Hall–Kier alpha value is -4.24. The lowest BCUT2D eigenvalue weighted by Crippen LogP contribution is -2.34. The quantitative estimate of drug-likeness (QED) is 0.347. The summed E-state index contributed by atoms with van der Waals surface area (Å²) >= 11 is 0. The Labute approximate surface area is 240 Å². The number of allylic oxidation sites excluding steroid dienone is 1. The Morgan fingerprint density at radius 1 is 1.05 bits per heavy atom. The van der Waals surface area contributed by atoms with E-state index in [1.165, 1.54) is 11.6 Å². The smallest absolute Gasteiger partial charge is 0.334 e. The van der Waals surface area contributed by atoms with Gasteiger partial charge in [0.1, 0.15) is 11.7 Å². The van der Waals surface area contributed by atoms with Crippen molar-refractivity contribution in [3.05, 3.63) is 83.1 Å². The molecular formula is C32H37N3O6. The maximum absolute atomic E-state index is 12.6. The Kier molecular flexibility index (Phi) is 9.73. The fraction of sp³-hybridized carbons (Fsp3) is 0.375. The molecule has 216 valence electrons. The molecule has 0 bridgehead atoms. The number of aliphatic imine (C=N–C) groups is 1. The third-order valence-electron chi connectivity index (χ3n) is 7.87. The van der Waals surface area contributed by atoms with Crippen molar-refractivity contribution in [3.8, 4) is 5.75 Å². The number of nitrogens with zero attached hydrogens (tertiary/aromatic N) is 2. The number of hydrogen-bond donors (Lipinski definition) is 3. The van der Waals surface area contributed by atoms with Gasteiger partial charge in [-0.15, -0.1) is 0 Å². The van der Waals surface area contributed by atoms with E-state index in [9.17, 15) is 24.6 Å². The SMILES string of the molecule is COc1cccc(C2CCN(CCC=CC(=O)Nc3cccc(C4C(C(=O)O)=C(C)N=C(C)C4C(=O)O)c3)CC2)c1. The van der Waals surface area contributed by atoms with Gasteiger partial charge in [-0.2, -0.15) is 0 Å². The Balaban J connectivity index is 1.32. The first-order chi connectivity index (χ1) is 19.7. The molecule has 3 N–H and O–H groups in total. The molecule has 1 fully saturated rings. The number of aliphatic carboxylic acids is 2. The number of carboxylic acid groups (broad SMARTS) is 2. The highest BCUT2D eigenvalue weighted by molar-refractivity contribution is 6.06. The number of carbonyl (C=O) groups is 3. The van der Waals surface area contributed by atoms with Crippen LogP contribution in [-0.2, 0) is 14.4 Å². The summed E-state index contributed by atoms with van der Waals surface area (Å²) in [7, 11) is 1.69. The molecule has 2 aliphatic heterocycles. The molecule has 1 saturated heterocycles. The zero-order valence-corrected chi connectivity index (χ0v) is 23.7. The minimum absolute atomic E-state index is 0.0566. The van der Waals surface area contributed by atoms with E-state index in [2.05, 4.69) is 27.3 Å². The van der Waals surface area contributed by atoms with E-state index in [1.54, 1.807) is 45.2 Å². The molecule has 0 radical (unpaired) electrons. The second kappa shape index (κ2) is 13.4. The van der Waals surface area contributed by atoms with E-state index in [0.29, 0.717) is 22.9 Å². The van der Waals surface area contributed by atoms with Crippen LogP contribution in [0.3, 0.4) is 0 Å². The average molecular weight is 560 g/mol. The summed E-state index contributed by atoms with van der Waals surface area (Å²) in [5.74, 6) is -3.29. The third kappa shape index (κ3) is 7.29. The molecule has 0 saturated carbocycles. The van der Waals surface area contributed by atoms with Crippen molar-refractivity contribution < 1.29 is 29.3 Å². The minimum Gasteiger partial charge on any atom is -0.497 e. The van der Waals surface area contributed by atoms with E-state index >= 15 is 0 Å². The zero-order chi connectivity index (χ0) is 29.5. The number of amides is 1. The highest BCUT2D eigenvalue weighted by atomic mass is 16.5. The van der Waals surface area contributed by atoms with Crippen molar-refractivity contribution in [2.75, 3.05) is 32.1 Å². The molecule has 0 aliphatic carbocycles. The second-order valence-corrected chi connectivity index (χ2v) is 10.5. The van der Waals surface area contributed by atoms with Gasteiger partial charge in [-0.3, -0.25) is 14.6 Å². The lowest BCUT2D eigenvalue weighted by Gasteiger charge is -2.32. The lowest BCUT2D eigenvalue weighted by molar-refractivity contribution is -0.140. The summed E-state index contributed by atoms with van der Waals surface area (Å²) < 4.78 is 5.36. The maximum atomic E-state index is 12.6. The third-order valence-corrected chi connectivity index (χ3v) is 7.87. The molecule has 0 spiro atoms. The van der Waals surface area contributed by atoms with Crippen LogP contribution in [0.4, 0.5) is 5.69 Å². The molecule has 4 rings (SSSR count). The van der Waals surface area contributed by atoms with Gasteiger partial charge < -0.3 is 25.2 Å². The van der Waals surface area contributed by atoms with Gasteiger partial charge in [0.2, 0.25) is 5.91 Å². The number of carboxylic acids is 2. The second-order valence-electron chi connectivity index (χ2n) is 10.5. The molecule has 2 aromatic rings. The van der Waals surface area contributed by atoms with Gasteiger partial charge in [0.05, 0.1) is 12.7 Å². The van der Waals surface area contributed by atoms with E-state index in [4.69, 9.17) is 4.74 Å². The predicted octanol–water partition coefficient (Wildman–Crippen LogP) is 5.08. The van der Waals surface area contributed by atoms with Gasteiger partial charge >= 0.3 is 11.9 Å². The number of benzene rings is 2. The number of carbonyl (C=O) groups excluding carboxylic acids is 1. The van der Waals surface area contributed by atoms with Crippen LogP contribution in [0, 0.1) is 5.92 Å². The van der Waals surface area contributed by atoms with Crippen LogP contribution < -0.4 is 10.1 Å². The fourth-order valence-corrected chi connectivity index (χ4v) is 5.82. The Morgan fingerprint density at radius 3 is 2.44 bits per heavy atom. The van der Waals surface area contributed by atoms with Gasteiger partial charge in [-0.25, -0.2) is 4.79 Å². The van der Waals surface area contributed by atoms with Crippen molar-refractivity contribution in [1.29, 1.82) is 0 Å². The minimum atomic E-state index is -1.21. The molecule has 0 aromatic heterocycles. The number of hydrogen-bond acceptors (Lipinski definition) is 6. The van der Waals surface area contributed by atoms with Gasteiger partial charge in [0, 0.05) is 29.6 Å². The highest BCUT2D eigenvalue weighted by Crippen LogP contribution is 2.40. The molecule has 2 aliphatic rings. The van der Waals surface area contributed by atoms with Gasteiger partial charge in [-0.05, 0) is 93.6 Å². The molecule has 2 atom stereocenters. The summed E-state index contributed by atoms with van der Waals surface area (Å²) in [5, 5.41) is 22.5. The summed E-state index contributed by atoms with van der Waals surface area (Å²) in [6.07, 6.45) is 6.26. The van der Waals surface area contributed by atoms with Crippen molar-refractivity contribution in [2.24, 2.45) is 10.9 Å². The van der Waals surface area contributed by atoms with E-state index in [-0.39, 0.29) is 17.2 Å². The zero-order valence-electron chi connectivity index (χ0n) is 23.7. The molecule has 9 heteroatoms. The van der Waals surface area contributed by atoms with Crippen LogP contribution in [0.15, 0.2) is 76.9 Å². The molecule has 2 aromatic carbocycles. The summed E-state index contributed by atoms with van der Waals surface area (Å²) in [6, 6.07) is 15.0. The summed E-state index contributed by atoms with van der Waals surface area (Å²) in [4.78, 5) is 43.3. The van der Waals surface area contributed by atoms with Crippen LogP contribution in [0.1, 0.15) is 56.1 Å². The number of nitrogens with one attached hydrogen (secondary N) is 1. The first kappa shape index (κ1) is 29.7. The number of piperidine rings is 1.